The molecule has 0 saturated carbocycles. The van der Waals surface area contributed by atoms with Crippen LogP contribution in [0.5, 0.6) is 0 Å². The number of carbonyl (C=O) groups excluding carboxylic acids is 4. The van der Waals surface area contributed by atoms with E-state index in [-0.39, 0.29) is 33.1 Å². The molecule has 0 bridgehead atoms. The second kappa shape index (κ2) is 7.08. The van der Waals surface area contributed by atoms with Gasteiger partial charge in [-0.25, -0.2) is 0 Å². The number of hydrogen-bond donors (Lipinski definition) is 1. The summed E-state index contributed by atoms with van der Waals surface area (Å²) in [6, 6.07) is 6.82. The zero-order valence-corrected chi connectivity index (χ0v) is 14.6. The highest BCUT2D eigenvalue weighted by molar-refractivity contribution is 6.31. The minimum absolute atomic E-state index is 0.0645. The summed E-state index contributed by atoms with van der Waals surface area (Å²) < 4.78 is 0. The van der Waals surface area contributed by atoms with Crippen LogP contribution in [0.2, 0.25) is 5.02 Å². The topological polar surface area (TPSA) is 150 Å². The number of hydrogen-bond acceptors (Lipinski definition) is 7. The maximum absolute atomic E-state index is 12.4. The summed E-state index contributed by atoms with van der Waals surface area (Å²) in [5.41, 5.74) is -1.12. The number of benzene rings is 2. The molecule has 10 nitrogen and oxygen atoms in total. The van der Waals surface area contributed by atoms with E-state index in [0.29, 0.717) is 4.90 Å². The molecule has 0 aromatic heterocycles. The Labute approximate surface area is 161 Å². The molecule has 142 valence electrons. The smallest absolute Gasteiger partial charge is 0.270 e. The quantitative estimate of drug-likeness (QED) is 0.442. The molecule has 3 rings (SSSR count). The van der Waals surface area contributed by atoms with E-state index in [4.69, 9.17) is 11.6 Å². The normalized spacial score (nSPS) is 12.7. The zero-order chi connectivity index (χ0) is 20.6. The summed E-state index contributed by atoms with van der Waals surface area (Å²) in [6.45, 7) is -0.713. The first kappa shape index (κ1) is 19.0. The Balaban J connectivity index is 1.80. The van der Waals surface area contributed by atoms with Crippen LogP contribution in [0, 0.1) is 10.1 Å². The Morgan fingerprint density at radius 1 is 1.07 bits per heavy atom. The highest BCUT2D eigenvalue weighted by Gasteiger charge is 2.37. The maximum atomic E-state index is 12.4. The number of halogens is 1. The van der Waals surface area contributed by atoms with Crippen LogP contribution < -0.4 is 10.4 Å². The molecular formula is C17H9ClN3O7-. The van der Waals surface area contributed by atoms with E-state index in [1.807, 2.05) is 0 Å². The van der Waals surface area contributed by atoms with Crippen LogP contribution in [0.25, 0.3) is 0 Å². The van der Waals surface area contributed by atoms with Crippen molar-refractivity contribution in [1.29, 1.82) is 0 Å². The first-order chi connectivity index (χ1) is 13.2. The summed E-state index contributed by atoms with van der Waals surface area (Å²) in [6.07, 6.45) is 0. The first-order valence-corrected chi connectivity index (χ1v) is 8.02. The number of carboxylic acids is 1. The van der Waals surface area contributed by atoms with Crippen LogP contribution in [-0.2, 0) is 4.79 Å². The van der Waals surface area contributed by atoms with Gasteiger partial charge in [0.05, 0.1) is 22.0 Å². The lowest BCUT2D eigenvalue weighted by Crippen LogP contribution is -2.37. The summed E-state index contributed by atoms with van der Waals surface area (Å²) in [4.78, 5) is 58.8. The third-order valence-electron chi connectivity index (χ3n) is 3.94. The third kappa shape index (κ3) is 3.40. The molecule has 1 heterocycles. The highest BCUT2D eigenvalue weighted by Crippen LogP contribution is 2.27. The van der Waals surface area contributed by atoms with Gasteiger partial charge in [-0.05, 0) is 24.3 Å². The Kier molecular flexibility index (Phi) is 4.80. The SMILES string of the molecule is O=C(CN1C(=O)c2ccc([N+](=O)[O-])cc2C1=O)Nc1ccc(Cl)cc1C(=O)[O-]. The van der Waals surface area contributed by atoms with Gasteiger partial charge in [-0.3, -0.25) is 29.4 Å². The van der Waals surface area contributed by atoms with Gasteiger partial charge in [-0.2, -0.15) is 0 Å². The van der Waals surface area contributed by atoms with Crippen molar-refractivity contribution < 1.29 is 29.2 Å². The lowest BCUT2D eigenvalue weighted by molar-refractivity contribution is -0.384. The van der Waals surface area contributed by atoms with E-state index in [1.165, 1.54) is 12.1 Å². The van der Waals surface area contributed by atoms with E-state index in [1.54, 1.807) is 0 Å². The lowest BCUT2D eigenvalue weighted by atomic mass is 10.1. The number of carbonyl (C=O) groups is 4. The Morgan fingerprint density at radius 3 is 2.39 bits per heavy atom. The van der Waals surface area contributed by atoms with Crippen molar-refractivity contribution in [3.05, 3.63) is 68.2 Å². The fraction of sp³-hybridized carbons (Fsp3) is 0.0588. The molecule has 3 amide bonds. The first-order valence-electron chi connectivity index (χ1n) is 7.64. The monoisotopic (exact) mass is 402 g/mol. The Morgan fingerprint density at radius 2 is 1.75 bits per heavy atom. The van der Waals surface area contributed by atoms with Gasteiger partial charge in [0.2, 0.25) is 5.91 Å². The molecule has 28 heavy (non-hydrogen) atoms. The van der Waals surface area contributed by atoms with Crippen LogP contribution in [-0.4, -0.2) is 40.1 Å². The Bertz CT molecular complexity index is 1070. The van der Waals surface area contributed by atoms with Crippen molar-refractivity contribution in [2.24, 2.45) is 0 Å². The molecule has 2 aromatic rings. The van der Waals surface area contributed by atoms with Crippen molar-refractivity contribution in [2.75, 3.05) is 11.9 Å². The second-order valence-electron chi connectivity index (χ2n) is 5.71. The predicted molar refractivity (Wildman–Crippen MR) is 92.9 cm³/mol. The number of imide groups is 1. The summed E-state index contributed by atoms with van der Waals surface area (Å²) in [5.74, 6) is -4.09. The molecule has 0 radical (unpaired) electrons. The fourth-order valence-electron chi connectivity index (χ4n) is 2.66. The molecule has 0 spiro atoms. The summed E-state index contributed by atoms with van der Waals surface area (Å²) >= 11 is 5.71. The van der Waals surface area contributed by atoms with Crippen LogP contribution in [0.1, 0.15) is 31.1 Å². The number of nitro benzene ring substituents is 1. The van der Waals surface area contributed by atoms with Gasteiger partial charge < -0.3 is 15.2 Å². The fourth-order valence-corrected chi connectivity index (χ4v) is 2.84. The Hall–Kier alpha value is -3.79. The minimum Gasteiger partial charge on any atom is -0.545 e. The van der Waals surface area contributed by atoms with Gasteiger partial charge >= 0.3 is 0 Å². The third-order valence-corrected chi connectivity index (χ3v) is 4.18. The van der Waals surface area contributed by atoms with Crippen LogP contribution in [0.3, 0.4) is 0 Å². The van der Waals surface area contributed by atoms with Gasteiger partial charge in [-0.15, -0.1) is 0 Å². The number of fused-ring (bicyclic) bond motifs is 1. The molecule has 11 heteroatoms. The predicted octanol–water partition coefficient (Wildman–Crippen LogP) is 0.846. The number of anilines is 1. The lowest BCUT2D eigenvalue weighted by Gasteiger charge is -2.16. The number of amides is 3. The number of non-ortho nitro benzene ring substituents is 1. The van der Waals surface area contributed by atoms with E-state index in [0.717, 1.165) is 24.3 Å². The van der Waals surface area contributed by atoms with Crippen molar-refractivity contribution in [3.8, 4) is 0 Å². The maximum Gasteiger partial charge on any atom is 0.270 e. The summed E-state index contributed by atoms with van der Waals surface area (Å²) in [7, 11) is 0. The molecule has 0 atom stereocenters. The van der Waals surface area contributed by atoms with Gasteiger partial charge in [0.1, 0.15) is 6.54 Å². The van der Waals surface area contributed by atoms with Gasteiger partial charge in [0.15, 0.2) is 0 Å². The average molecular weight is 403 g/mol. The molecule has 1 N–H and O–H groups in total. The number of rotatable bonds is 5. The van der Waals surface area contributed by atoms with Crippen molar-refractivity contribution in [1.82, 2.24) is 4.90 Å². The number of nitrogens with one attached hydrogen (secondary N) is 1. The largest absolute Gasteiger partial charge is 0.545 e. The van der Waals surface area contributed by atoms with Gasteiger partial charge in [0.25, 0.3) is 17.5 Å². The van der Waals surface area contributed by atoms with E-state index in [9.17, 15) is 34.4 Å². The van der Waals surface area contributed by atoms with Gasteiger partial charge in [-0.1, -0.05) is 11.6 Å². The zero-order valence-electron chi connectivity index (χ0n) is 13.8. The van der Waals surface area contributed by atoms with Crippen LogP contribution >= 0.6 is 11.6 Å². The highest BCUT2D eigenvalue weighted by atomic mass is 35.5. The molecule has 0 aliphatic carbocycles. The van der Waals surface area contributed by atoms with Crippen molar-refractivity contribution in [3.63, 3.8) is 0 Å². The number of nitro groups is 1. The van der Waals surface area contributed by atoms with Crippen molar-refractivity contribution >= 4 is 46.7 Å². The minimum atomic E-state index is -1.58. The molecule has 1 aliphatic heterocycles. The van der Waals surface area contributed by atoms with E-state index < -0.39 is 35.2 Å². The number of nitrogens with zero attached hydrogens (tertiary/aromatic N) is 2. The molecule has 1 aliphatic rings. The molecule has 0 unspecified atom stereocenters. The number of carboxylic acid groups (broad SMARTS) is 1. The average Bonchev–Trinajstić information content (AvgIpc) is 2.87. The number of aromatic carboxylic acids is 1. The molecule has 0 fully saturated rings. The molecule has 0 saturated heterocycles. The van der Waals surface area contributed by atoms with Crippen LogP contribution in [0.15, 0.2) is 36.4 Å². The van der Waals surface area contributed by atoms with Crippen molar-refractivity contribution in [2.45, 2.75) is 0 Å². The van der Waals surface area contributed by atoms with Crippen LogP contribution in [0.4, 0.5) is 11.4 Å². The van der Waals surface area contributed by atoms with E-state index in [2.05, 4.69) is 5.32 Å². The molecular weight excluding hydrogens is 394 g/mol. The molecule has 2 aromatic carbocycles. The second-order valence-corrected chi connectivity index (χ2v) is 6.15. The van der Waals surface area contributed by atoms with Gasteiger partial charge in [0, 0.05) is 28.4 Å². The van der Waals surface area contributed by atoms with E-state index >= 15 is 0 Å². The summed E-state index contributed by atoms with van der Waals surface area (Å²) in [5, 5.41) is 24.4. The standard InChI is InChI=1S/C17H10ClN3O7/c18-8-1-4-13(12(5-8)17(25)26)19-14(22)7-20-15(23)10-3-2-9(21(27)28)6-11(10)16(20)24/h1-6H,7H2,(H,19,22)(H,25,26)/p-1.